The molecule has 1 unspecified atom stereocenters. The van der Waals surface area contributed by atoms with E-state index in [-0.39, 0.29) is 29.7 Å². The standard InChI is InChI=1S/C13H17NO5/c1-7(2)18-11-6-10(14(15)16)12(17-4)5-9(11)13-8(3)19-13/h5-8,13H,1-4H3/t8?,13-/m0/s1. The highest BCUT2D eigenvalue weighted by atomic mass is 16.6. The normalized spacial score (nSPS) is 21.3. The number of methoxy groups -OCH3 is 1. The van der Waals surface area contributed by atoms with Crippen LogP contribution in [-0.4, -0.2) is 24.2 Å². The minimum Gasteiger partial charge on any atom is -0.490 e. The smallest absolute Gasteiger partial charge is 0.314 e. The highest BCUT2D eigenvalue weighted by Gasteiger charge is 2.39. The Hall–Kier alpha value is -1.82. The van der Waals surface area contributed by atoms with Crippen molar-refractivity contribution in [1.29, 1.82) is 0 Å². The predicted octanol–water partition coefficient (Wildman–Crippen LogP) is 2.85. The molecule has 0 aliphatic carbocycles. The van der Waals surface area contributed by atoms with Gasteiger partial charge in [0.15, 0.2) is 5.75 Å². The summed E-state index contributed by atoms with van der Waals surface area (Å²) in [5.74, 6) is 0.704. The first-order valence-corrected chi connectivity index (χ1v) is 6.12. The van der Waals surface area contributed by atoms with Gasteiger partial charge in [-0.05, 0) is 26.8 Å². The molecular formula is C13H17NO5. The van der Waals surface area contributed by atoms with Gasteiger partial charge in [-0.25, -0.2) is 0 Å². The van der Waals surface area contributed by atoms with Crippen LogP contribution in [0.15, 0.2) is 12.1 Å². The zero-order valence-electron chi connectivity index (χ0n) is 11.4. The Balaban J connectivity index is 2.48. The zero-order chi connectivity index (χ0) is 14.2. The van der Waals surface area contributed by atoms with Crippen LogP contribution in [0, 0.1) is 10.1 Å². The van der Waals surface area contributed by atoms with Crippen LogP contribution in [0.3, 0.4) is 0 Å². The second-order valence-corrected chi connectivity index (χ2v) is 4.75. The van der Waals surface area contributed by atoms with Crippen LogP contribution in [0.1, 0.15) is 32.4 Å². The maximum absolute atomic E-state index is 11.0. The van der Waals surface area contributed by atoms with Gasteiger partial charge < -0.3 is 14.2 Å². The van der Waals surface area contributed by atoms with Gasteiger partial charge in [-0.1, -0.05) is 0 Å². The first-order chi connectivity index (χ1) is 8.93. The number of nitro benzene ring substituents is 1. The van der Waals surface area contributed by atoms with Gasteiger partial charge in [0.1, 0.15) is 11.9 Å². The lowest BCUT2D eigenvalue weighted by Gasteiger charge is -2.14. The summed E-state index contributed by atoms with van der Waals surface area (Å²) in [6.07, 6.45) is -0.0510. The van der Waals surface area contributed by atoms with Crippen LogP contribution in [0.25, 0.3) is 0 Å². The van der Waals surface area contributed by atoms with E-state index >= 15 is 0 Å². The predicted molar refractivity (Wildman–Crippen MR) is 68.7 cm³/mol. The first-order valence-electron chi connectivity index (χ1n) is 6.12. The number of nitro groups is 1. The number of hydrogen-bond acceptors (Lipinski definition) is 5. The fourth-order valence-corrected chi connectivity index (χ4v) is 1.96. The van der Waals surface area contributed by atoms with Crippen molar-refractivity contribution >= 4 is 5.69 Å². The Kier molecular flexibility index (Phi) is 3.61. The van der Waals surface area contributed by atoms with E-state index in [4.69, 9.17) is 14.2 Å². The number of epoxide rings is 1. The maximum Gasteiger partial charge on any atom is 0.314 e. The molecule has 0 saturated carbocycles. The molecule has 2 atom stereocenters. The van der Waals surface area contributed by atoms with Gasteiger partial charge in [0.25, 0.3) is 0 Å². The van der Waals surface area contributed by atoms with E-state index in [1.54, 1.807) is 6.07 Å². The number of hydrogen-bond donors (Lipinski definition) is 0. The van der Waals surface area contributed by atoms with E-state index < -0.39 is 4.92 Å². The molecule has 6 heteroatoms. The van der Waals surface area contributed by atoms with Crippen LogP contribution in [-0.2, 0) is 4.74 Å². The Bertz CT molecular complexity index is 500. The highest BCUT2D eigenvalue weighted by molar-refractivity contribution is 5.56. The minimum atomic E-state index is -0.479. The molecule has 6 nitrogen and oxygen atoms in total. The maximum atomic E-state index is 11.0. The summed E-state index contributed by atoms with van der Waals surface area (Å²) in [6, 6.07) is 3.03. The van der Waals surface area contributed by atoms with E-state index in [1.807, 2.05) is 20.8 Å². The molecule has 1 aliphatic rings. The molecule has 1 aromatic carbocycles. The molecule has 1 aromatic rings. The molecule has 19 heavy (non-hydrogen) atoms. The SMILES string of the molecule is COc1cc([C@H]2OC2C)c(OC(C)C)cc1[N+](=O)[O-]. The minimum absolute atomic E-state index is 0.0687. The van der Waals surface area contributed by atoms with E-state index in [2.05, 4.69) is 0 Å². The van der Waals surface area contributed by atoms with E-state index in [0.717, 1.165) is 5.56 Å². The van der Waals surface area contributed by atoms with Crippen molar-refractivity contribution in [2.45, 2.75) is 39.1 Å². The van der Waals surface area contributed by atoms with Gasteiger partial charge in [-0.15, -0.1) is 0 Å². The molecule has 0 aromatic heterocycles. The first kappa shape index (κ1) is 13.6. The van der Waals surface area contributed by atoms with Gasteiger partial charge in [-0.3, -0.25) is 10.1 Å². The second kappa shape index (κ2) is 5.05. The molecule has 0 amide bonds. The fraction of sp³-hybridized carbons (Fsp3) is 0.538. The van der Waals surface area contributed by atoms with Gasteiger partial charge in [-0.2, -0.15) is 0 Å². The summed E-state index contributed by atoms with van der Waals surface area (Å²) in [5, 5.41) is 11.0. The molecule has 1 fully saturated rings. The summed E-state index contributed by atoms with van der Waals surface area (Å²) in [4.78, 5) is 10.5. The van der Waals surface area contributed by atoms with Crippen LogP contribution < -0.4 is 9.47 Å². The van der Waals surface area contributed by atoms with Crippen molar-refractivity contribution in [2.75, 3.05) is 7.11 Å². The second-order valence-electron chi connectivity index (χ2n) is 4.75. The van der Waals surface area contributed by atoms with Crippen molar-refractivity contribution in [1.82, 2.24) is 0 Å². The van der Waals surface area contributed by atoms with Crippen LogP contribution in [0.2, 0.25) is 0 Å². The Labute approximate surface area is 111 Å². The average molecular weight is 267 g/mol. The molecule has 104 valence electrons. The Morgan fingerprint density at radius 2 is 2.00 bits per heavy atom. The molecule has 0 bridgehead atoms. The number of rotatable bonds is 5. The third-order valence-corrected chi connectivity index (χ3v) is 2.89. The van der Waals surface area contributed by atoms with Crippen molar-refractivity contribution in [3.05, 3.63) is 27.8 Å². The molecule has 0 spiro atoms. The van der Waals surface area contributed by atoms with E-state index in [9.17, 15) is 10.1 Å². The van der Waals surface area contributed by atoms with Gasteiger partial charge >= 0.3 is 5.69 Å². The highest BCUT2D eigenvalue weighted by Crippen LogP contribution is 2.46. The molecular weight excluding hydrogens is 250 g/mol. The van der Waals surface area contributed by atoms with Crippen LogP contribution >= 0.6 is 0 Å². The van der Waals surface area contributed by atoms with Crippen molar-refractivity contribution < 1.29 is 19.1 Å². The quantitative estimate of drug-likeness (QED) is 0.466. The Morgan fingerprint density at radius 1 is 1.37 bits per heavy atom. The van der Waals surface area contributed by atoms with Crippen molar-refractivity contribution in [3.8, 4) is 11.5 Å². The third kappa shape index (κ3) is 2.78. The molecule has 1 heterocycles. The van der Waals surface area contributed by atoms with Gasteiger partial charge in [0.05, 0.1) is 30.3 Å². The zero-order valence-corrected chi connectivity index (χ0v) is 11.4. The summed E-state index contributed by atoms with van der Waals surface area (Å²) in [7, 11) is 1.41. The number of ether oxygens (including phenoxy) is 3. The van der Waals surface area contributed by atoms with Crippen LogP contribution in [0.5, 0.6) is 11.5 Å². The van der Waals surface area contributed by atoms with Gasteiger partial charge in [0, 0.05) is 5.56 Å². The lowest BCUT2D eigenvalue weighted by molar-refractivity contribution is -0.385. The molecule has 1 aliphatic heterocycles. The topological polar surface area (TPSA) is 74.1 Å². The summed E-state index contributed by atoms with van der Waals surface area (Å²) >= 11 is 0. The lowest BCUT2D eigenvalue weighted by atomic mass is 10.1. The molecule has 2 rings (SSSR count). The summed E-state index contributed by atoms with van der Waals surface area (Å²) < 4.78 is 16.1. The average Bonchev–Trinajstić information content (AvgIpc) is 3.04. The molecule has 1 saturated heterocycles. The summed E-state index contributed by atoms with van der Waals surface area (Å²) in [5.41, 5.74) is 0.693. The van der Waals surface area contributed by atoms with E-state index in [0.29, 0.717) is 5.75 Å². The number of nitrogens with zero attached hydrogens (tertiary/aromatic N) is 1. The van der Waals surface area contributed by atoms with Crippen LogP contribution in [0.4, 0.5) is 5.69 Å². The largest absolute Gasteiger partial charge is 0.490 e. The molecule has 0 radical (unpaired) electrons. The summed E-state index contributed by atoms with van der Waals surface area (Å²) in [6.45, 7) is 5.69. The van der Waals surface area contributed by atoms with Crippen molar-refractivity contribution in [3.63, 3.8) is 0 Å². The fourth-order valence-electron chi connectivity index (χ4n) is 1.96. The van der Waals surface area contributed by atoms with E-state index in [1.165, 1.54) is 13.2 Å². The molecule has 0 N–H and O–H groups in total. The van der Waals surface area contributed by atoms with Gasteiger partial charge in [0.2, 0.25) is 0 Å². The third-order valence-electron chi connectivity index (χ3n) is 2.89. The number of benzene rings is 1. The Morgan fingerprint density at radius 3 is 2.42 bits per heavy atom. The monoisotopic (exact) mass is 267 g/mol. The lowest BCUT2D eigenvalue weighted by Crippen LogP contribution is -2.08. The van der Waals surface area contributed by atoms with Crippen molar-refractivity contribution in [2.24, 2.45) is 0 Å².